The predicted octanol–water partition coefficient (Wildman–Crippen LogP) is 1.59. The third-order valence-electron chi connectivity index (χ3n) is 2.45. The predicted molar refractivity (Wildman–Crippen MR) is 71.0 cm³/mol. The smallest absolute Gasteiger partial charge is 0.222 e. The lowest BCUT2D eigenvalue weighted by Gasteiger charge is -2.05. The van der Waals surface area contributed by atoms with Gasteiger partial charge < -0.3 is 10.6 Å². The maximum atomic E-state index is 4.22. The molecule has 2 aromatic heterocycles. The second-order valence-corrected chi connectivity index (χ2v) is 3.90. The van der Waals surface area contributed by atoms with E-state index < -0.39 is 0 Å². The molecule has 5 nitrogen and oxygen atoms in total. The summed E-state index contributed by atoms with van der Waals surface area (Å²) in [5.74, 6) is 0.676. The van der Waals surface area contributed by atoms with Gasteiger partial charge in [0.25, 0.3) is 0 Å². The van der Waals surface area contributed by atoms with E-state index in [1.54, 1.807) is 12.4 Å². The van der Waals surface area contributed by atoms with Crippen LogP contribution in [0.2, 0.25) is 0 Å². The molecule has 0 unspecified atom stereocenters. The summed E-state index contributed by atoms with van der Waals surface area (Å²) < 4.78 is 0. The third kappa shape index (κ3) is 3.78. The van der Waals surface area contributed by atoms with Crippen molar-refractivity contribution in [1.29, 1.82) is 0 Å². The zero-order chi connectivity index (χ0) is 12.6. The molecule has 0 radical (unpaired) electrons. The minimum atomic E-state index is 0.676. The molecule has 18 heavy (non-hydrogen) atoms. The first kappa shape index (κ1) is 12.4. The first-order valence-electron chi connectivity index (χ1n) is 6.03. The summed E-state index contributed by atoms with van der Waals surface area (Å²) in [5.41, 5.74) is 2.29. The normalized spacial score (nSPS) is 10.3. The first-order chi connectivity index (χ1) is 8.88. The van der Waals surface area contributed by atoms with Gasteiger partial charge in [-0.2, -0.15) is 0 Å². The number of hydrogen-bond donors (Lipinski definition) is 2. The maximum absolute atomic E-state index is 4.22. The lowest BCUT2D eigenvalue weighted by atomic mass is 10.2. The van der Waals surface area contributed by atoms with Gasteiger partial charge in [0.2, 0.25) is 5.95 Å². The van der Waals surface area contributed by atoms with Crippen LogP contribution in [-0.4, -0.2) is 21.5 Å². The van der Waals surface area contributed by atoms with Crippen molar-refractivity contribution in [1.82, 2.24) is 20.3 Å². The molecule has 0 saturated carbocycles. The van der Waals surface area contributed by atoms with Crippen LogP contribution in [0.15, 0.2) is 36.9 Å². The van der Waals surface area contributed by atoms with Crippen LogP contribution in [-0.2, 0) is 13.1 Å². The summed E-state index contributed by atoms with van der Waals surface area (Å²) in [5, 5.41) is 6.41. The Bertz CT molecular complexity index is 455. The lowest BCUT2D eigenvalue weighted by Crippen LogP contribution is -2.13. The van der Waals surface area contributed by atoms with Crippen molar-refractivity contribution in [3.8, 4) is 0 Å². The molecular weight excluding hydrogens is 226 g/mol. The first-order valence-corrected chi connectivity index (χ1v) is 6.03. The molecule has 0 aliphatic carbocycles. The van der Waals surface area contributed by atoms with Gasteiger partial charge >= 0.3 is 0 Å². The third-order valence-corrected chi connectivity index (χ3v) is 2.45. The summed E-state index contributed by atoms with van der Waals surface area (Å²) in [6.07, 6.45) is 7.27. The molecule has 0 atom stereocenters. The van der Waals surface area contributed by atoms with Gasteiger partial charge in [-0.05, 0) is 24.6 Å². The SMILES string of the molecule is CCNc1ncc(CNCc2ccncc2)cn1. The zero-order valence-electron chi connectivity index (χ0n) is 10.4. The Hall–Kier alpha value is -2.01. The highest BCUT2D eigenvalue weighted by molar-refractivity contribution is 5.24. The molecule has 0 saturated heterocycles. The Morgan fingerprint density at radius 1 is 1.00 bits per heavy atom. The Balaban J connectivity index is 1.80. The van der Waals surface area contributed by atoms with Crippen LogP contribution in [0.5, 0.6) is 0 Å². The summed E-state index contributed by atoms with van der Waals surface area (Å²) >= 11 is 0. The van der Waals surface area contributed by atoms with E-state index >= 15 is 0 Å². The molecule has 0 amide bonds. The largest absolute Gasteiger partial charge is 0.355 e. The highest BCUT2D eigenvalue weighted by Gasteiger charge is 1.97. The molecule has 2 rings (SSSR count). The molecule has 2 N–H and O–H groups in total. The van der Waals surface area contributed by atoms with Crippen molar-refractivity contribution in [2.45, 2.75) is 20.0 Å². The van der Waals surface area contributed by atoms with E-state index in [-0.39, 0.29) is 0 Å². The number of pyridine rings is 1. The Morgan fingerprint density at radius 3 is 2.33 bits per heavy atom. The molecular formula is C13H17N5. The molecule has 0 bridgehead atoms. The molecule has 2 aromatic rings. The van der Waals surface area contributed by atoms with Crippen molar-refractivity contribution < 1.29 is 0 Å². The second-order valence-electron chi connectivity index (χ2n) is 3.90. The topological polar surface area (TPSA) is 62.7 Å². The number of nitrogens with zero attached hydrogens (tertiary/aromatic N) is 3. The van der Waals surface area contributed by atoms with Gasteiger partial charge in [-0.15, -0.1) is 0 Å². The Morgan fingerprint density at radius 2 is 1.67 bits per heavy atom. The minimum Gasteiger partial charge on any atom is -0.355 e. The highest BCUT2D eigenvalue weighted by atomic mass is 15.1. The van der Waals surface area contributed by atoms with Crippen LogP contribution in [0.3, 0.4) is 0 Å². The van der Waals surface area contributed by atoms with Gasteiger partial charge in [0.1, 0.15) is 0 Å². The molecule has 0 aliphatic heterocycles. The van der Waals surface area contributed by atoms with E-state index in [2.05, 4.69) is 25.6 Å². The standard InChI is InChI=1S/C13H17N5/c1-2-16-13-17-9-12(10-18-13)8-15-7-11-3-5-14-6-4-11/h3-6,9-10,15H,2,7-8H2,1H3,(H,16,17,18). The van der Waals surface area contributed by atoms with E-state index in [1.807, 2.05) is 31.5 Å². The van der Waals surface area contributed by atoms with Gasteiger partial charge in [0, 0.05) is 50.0 Å². The van der Waals surface area contributed by atoms with Crippen molar-refractivity contribution in [3.63, 3.8) is 0 Å². The van der Waals surface area contributed by atoms with E-state index in [1.165, 1.54) is 5.56 Å². The number of anilines is 1. The number of rotatable bonds is 6. The Labute approximate surface area is 107 Å². The van der Waals surface area contributed by atoms with Crippen LogP contribution in [0.1, 0.15) is 18.1 Å². The number of aromatic nitrogens is 3. The van der Waals surface area contributed by atoms with Gasteiger partial charge in [-0.3, -0.25) is 4.98 Å². The van der Waals surface area contributed by atoms with E-state index in [0.29, 0.717) is 5.95 Å². The van der Waals surface area contributed by atoms with Crippen LogP contribution in [0.25, 0.3) is 0 Å². The van der Waals surface area contributed by atoms with Crippen molar-refractivity contribution >= 4 is 5.95 Å². The Kier molecular flexibility index (Phi) is 4.60. The average Bonchev–Trinajstić information content (AvgIpc) is 2.42. The van der Waals surface area contributed by atoms with E-state index in [4.69, 9.17) is 0 Å². The van der Waals surface area contributed by atoms with Gasteiger partial charge in [0.15, 0.2) is 0 Å². The van der Waals surface area contributed by atoms with Crippen LogP contribution >= 0.6 is 0 Å². The quantitative estimate of drug-likeness (QED) is 0.806. The van der Waals surface area contributed by atoms with Crippen LogP contribution in [0, 0.1) is 0 Å². The van der Waals surface area contributed by atoms with Crippen molar-refractivity contribution in [2.75, 3.05) is 11.9 Å². The van der Waals surface area contributed by atoms with Gasteiger partial charge in [-0.1, -0.05) is 0 Å². The minimum absolute atomic E-state index is 0.676. The number of nitrogens with one attached hydrogen (secondary N) is 2. The lowest BCUT2D eigenvalue weighted by molar-refractivity contribution is 0.688. The van der Waals surface area contributed by atoms with Crippen LogP contribution in [0.4, 0.5) is 5.95 Å². The molecule has 5 heteroatoms. The molecule has 2 heterocycles. The van der Waals surface area contributed by atoms with Crippen molar-refractivity contribution in [3.05, 3.63) is 48.0 Å². The molecule has 0 aliphatic rings. The molecule has 0 fully saturated rings. The fourth-order valence-electron chi connectivity index (χ4n) is 1.55. The maximum Gasteiger partial charge on any atom is 0.222 e. The summed E-state index contributed by atoms with van der Waals surface area (Å²) in [6, 6.07) is 4.00. The highest BCUT2D eigenvalue weighted by Crippen LogP contribution is 2.01. The molecule has 94 valence electrons. The molecule has 0 aromatic carbocycles. The van der Waals surface area contributed by atoms with Gasteiger partial charge in [-0.25, -0.2) is 9.97 Å². The second kappa shape index (κ2) is 6.66. The zero-order valence-corrected chi connectivity index (χ0v) is 10.4. The van der Waals surface area contributed by atoms with E-state index in [0.717, 1.165) is 25.2 Å². The summed E-state index contributed by atoms with van der Waals surface area (Å²) in [4.78, 5) is 12.4. The fraction of sp³-hybridized carbons (Fsp3) is 0.308. The molecule has 0 spiro atoms. The number of hydrogen-bond acceptors (Lipinski definition) is 5. The van der Waals surface area contributed by atoms with Crippen LogP contribution < -0.4 is 10.6 Å². The average molecular weight is 243 g/mol. The summed E-state index contributed by atoms with van der Waals surface area (Å²) in [6.45, 7) is 4.43. The van der Waals surface area contributed by atoms with Gasteiger partial charge in [0.05, 0.1) is 0 Å². The van der Waals surface area contributed by atoms with Crippen molar-refractivity contribution in [2.24, 2.45) is 0 Å². The fourth-order valence-corrected chi connectivity index (χ4v) is 1.55. The monoisotopic (exact) mass is 243 g/mol. The summed E-state index contributed by atoms with van der Waals surface area (Å²) in [7, 11) is 0. The van der Waals surface area contributed by atoms with E-state index in [9.17, 15) is 0 Å².